The molecule has 3 heteroatoms. The third-order valence-corrected chi connectivity index (χ3v) is 3.13. The van der Waals surface area contributed by atoms with Crippen molar-refractivity contribution in [3.05, 3.63) is 71.3 Å². The second-order valence-corrected chi connectivity index (χ2v) is 4.29. The van der Waals surface area contributed by atoms with Gasteiger partial charge in [-0.1, -0.05) is 42.5 Å². The van der Waals surface area contributed by atoms with E-state index < -0.39 is 11.9 Å². The van der Waals surface area contributed by atoms with Crippen molar-refractivity contribution in [3.8, 4) is 5.75 Å². The lowest BCUT2D eigenvalue weighted by Gasteiger charge is -2.26. The second-order valence-electron chi connectivity index (χ2n) is 4.29. The molecule has 0 radical (unpaired) electrons. The Labute approximate surface area is 110 Å². The quantitative estimate of drug-likeness (QED) is 0.764. The SMILES string of the molecule is O=CC1=C(F)c2ccccc2OC1c1ccccc1. The average molecular weight is 254 g/mol. The fourth-order valence-corrected chi connectivity index (χ4v) is 2.20. The van der Waals surface area contributed by atoms with Crippen LogP contribution in [0.15, 0.2) is 60.2 Å². The first-order valence-electron chi connectivity index (χ1n) is 5.97. The zero-order valence-corrected chi connectivity index (χ0v) is 10.0. The summed E-state index contributed by atoms with van der Waals surface area (Å²) in [5.41, 5.74) is 1.12. The molecule has 0 aromatic heterocycles. The largest absolute Gasteiger partial charge is 0.480 e. The number of hydrogen-bond donors (Lipinski definition) is 0. The maximum atomic E-state index is 14.3. The van der Waals surface area contributed by atoms with Crippen LogP contribution in [0.25, 0.3) is 5.83 Å². The average Bonchev–Trinajstić information content (AvgIpc) is 2.48. The highest BCUT2D eigenvalue weighted by molar-refractivity contribution is 5.89. The predicted molar refractivity (Wildman–Crippen MR) is 70.3 cm³/mol. The molecule has 0 bridgehead atoms. The summed E-state index contributed by atoms with van der Waals surface area (Å²) in [7, 11) is 0. The molecule has 1 aliphatic heterocycles. The van der Waals surface area contributed by atoms with Crippen molar-refractivity contribution >= 4 is 12.1 Å². The van der Waals surface area contributed by atoms with Gasteiger partial charge < -0.3 is 4.74 Å². The number of benzene rings is 2. The molecule has 1 unspecified atom stereocenters. The Morgan fingerprint density at radius 1 is 1.00 bits per heavy atom. The molecule has 1 aliphatic rings. The number of carbonyl (C=O) groups is 1. The highest BCUT2D eigenvalue weighted by atomic mass is 19.1. The first kappa shape index (κ1) is 11.7. The lowest BCUT2D eigenvalue weighted by molar-refractivity contribution is -0.105. The standard InChI is InChI=1S/C16H11FO2/c17-15-12-8-4-5-9-14(12)19-16(13(15)10-18)11-6-2-1-3-7-11/h1-10,16H. The van der Waals surface area contributed by atoms with Gasteiger partial charge in [0.25, 0.3) is 0 Å². The molecule has 0 spiro atoms. The minimum atomic E-state index is -0.686. The van der Waals surface area contributed by atoms with Gasteiger partial charge in [-0.2, -0.15) is 0 Å². The van der Waals surface area contributed by atoms with Gasteiger partial charge in [0.15, 0.2) is 12.4 Å². The zero-order chi connectivity index (χ0) is 13.2. The van der Waals surface area contributed by atoms with E-state index in [0.717, 1.165) is 5.56 Å². The number of para-hydroxylation sites is 1. The Morgan fingerprint density at radius 3 is 2.42 bits per heavy atom. The third-order valence-electron chi connectivity index (χ3n) is 3.13. The molecule has 0 N–H and O–H groups in total. The lowest BCUT2D eigenvalue weighted by Crippen LogP contribution is -2.17. The fourth-order valence-electron chi connectivity index (χ4n) is 2.20. The monoisotopic (exact) mass is 254 g/mol. The number of carbonyl (C=O) groups excluding carboxylic acids is 1. The summed E-state index contributed by atoms with van der Waals surface area (Å²) in [6, 6.07) is 16.0. The highest BCUT2D eigenvalue weighted by Crippen LogP contribution is 2.41. The first-order chi connectivity index (χ1) is 9.31. The van der Waals surface area contributed by atoms with Crippen molar-refractivity contribution in [3.63, 3.8) is 0 Å². The molecule has 1 heterocycles. The zero-order valence-electron chi connectivity index (χ0n) is 10.0. The Morgan fingerprint density at radius 2 is 1.68 bits per heavy atom. The van der Waals surface area contributed by atoms with E-state index in [9.17, 15) is 9.18 Å². The van der Waals surface area contributed by atoms with Crippen molar-refractivity contribution in [2.75, 3.05) is 0 Å². The van der Waals surface area contributed by atoms with E-state index in [0.29, 0.717) is 17.6 Å². The highest BCUT2D eigenvalue weighted by Gasteiger charge is 2.29. The van der Waals surface area contributed by atoms with Crippen molar-refractivity contribution < 1.29 is 13.9 Å². The minimum Gasteiger partial charge on any atom is -0.480 e. The lowest BCUT2D eigenvalue weighted by atomic mass is 9.96. The van der Waals surface area contributed by atoms with Crippen LogP contribution in [0.3, 0.4) is 0 Å². The van der Waals surface area contributed by atoms with Crippen LogP contribution in [0, 0.1) is 0 Å². The first-order valence-corrected chi connectivity index (χ1v) is 5.97. The molecule has 94 valence electrons. The third kappa shape index (κ3) is 1.93. The molecular formula is C16H11FO2. The number of fused-ring (bicyclic) bond motifs is 1. The molecule has 2 aromatic rings. The molecule has 0 fully saturated rings. The smallest absolute Gasteiger partial charge is 0.155 e. The van der Waals surface area contributed by atoms with Crippen LogP contribution in [0.5, 0.6) is 5.75 Å². The Hall–Kier alpha value is -2.42. The second kappa shape index (κ2) is 4.69. The molecule has 0 saturated carbocycles. The Bertz CT molecular complexity index is 647. The Balaban J connectivity index is 2.15. The van der Waals surface area contributed by atoms with Gasteiger partial charge in [-0.3, -0.25) is 4.79 Å². The van der Waals surface area contributed by atoms with E-state index in [-0.39, 0.29) is 5.57 Å². The Kier molecular flexibility index (Phi) is 2.88. The minimum absolute atomic E-state index is 0.0323. The predicted octanol–water partition coefficient (Wildman–Crippen LogP) is 3.70. The normalized spacial score (nSPS) is 17.6. The van der Waals surface area contributed by atoms with Gasteiger partial charge in [-0.05, 0) is 17.7 Å². The van der Waals surface area contributed by atoms with Crippen LogP contribution in [-0.4, -0.2) is 6.29 Å². The van der Waals surface area contributed by atoms with Crippen LogP contribution in [0.1, 0.15) is 17.2 Å². The van der Waals surface area contributed by atoms with Gasteiger partial charge in [-0.25, -0.2) is 4.39 Å². The van der Waals surface area contributed by atoms with Gasteiger partial charge in [0, 0.05) is 0 Å². The summed E-state index contributed by atoms with van der Waals surface area (Å²) in [6.07, 6.45) is -0.156. The van der Waals surface area contributed by atoms with E-state index in [1.54, 1.807) is 24.3 Å². The van der Waals surface area contributed by atoms with Crippen molar-refractivity contribution in [2.24, 2.45) is 0 Å². The van der Waals surface area contributed by atoms with Crippen molar-refractivity contribution in [1.82, 2.24) is 0 Å². The van der Waals surface area contributed by atoms with Crippen molar-refractivity contribution in [2.45, 2.75) is 6.10 Å². The van der Waals surface area contributed by atoms with E-state index in [1.165, 1.54) is 0 Å². The molecule has 0 amide bonds. The van der Waals surface area contributed by atoms with Crippen LogP contribution >= 0.6 is 0 Å². The molecule has 0 saturated heterocycles. The van der Waals surface area contributed by atoms with E-state index in [2.05, 4.69) is 0 Å². The van der Waals surface area contributed by atoms with Crippen LogP contribution < -0.4 is 4.74 Å². The molecule has 3 rings (SSSR count). The summed E-state index contributed by atoms with van der Waals surface area (Å²) in [5.74, 6) is -0.0508. The summed E-state index contributed by atoms with van der Waals surface area (Å²) in [4.78, 5) is 11.2. The molecule has 1 atom stereocenters. The number of hydrogen-bond acceptors (Lipinski definition) is 2. The van der Waals surface area contributed by atoms with Gasteiger partial charge in [0.05, 0.1) is 11.1 Å². The molecule has 2 nitrogen and oxygen atoms in total. The van der Waals surface area contributed by atoms with Crippen LogP contribution in [0.4, 0.5) is 4.39 Å². The van der Waals surface area contributed by atoms with E-state index in [4.69, 9.17) is 4.74 Å². The number of rotatable bonds is 2. The van der Waals surface area contributed by atoms with Gasteiger partial charge in [-0.15, -0.1) is 0 Å². The van der Waals surface area contributed by atoms with Crippen LogP contribution in [-0.2, 0) is 4.79 Å². The molecule has 0 aliphatic carbocycles. The molecule has 19 heavy (non-hydrogen) atoms. The molecule has 2 aromatic carbocycles. The van der Waals surface area contributed by atoms with Gasteiger partial charge in [0.1, 0.15) is 11.6 Å². The number of halogens is 1. The number of ether oxygens (including phenoxy) is 1. The van der Waals surface area contributed by atoms with Gasteiger partial charge in [0.2, 0.25) is 0 Å². The van der Waals surface area contributed by atoms with Gasteiger partial charge >= 0.3 is 0 Å². The van der Waals surface area contributed by atoms with E-state index in [1.807, 2.05) is 30.3 Å². The van der Waals surface area contributed by atoms with E-state index >= 15 is 0 Å². The maximum absolute atomic E-state index is 14.3. The molecular weight excluding hydrogens is 243 g/mol. The van der Waals surface area contributed by atoms with Crippen molar-refractivity contribution in [1.29, 1.82) is 0 Å². The number of aldehydes is 1. The summed E-state index contributed by atoms with van der Waals surface area (Å²) in [6.45, 7) is 0. The topological polar surface area (TPSA) is 26.3 Å². The maximum Gasteiger partial charge on any atom is 0.155 e. The summed E-state index contributed by atoms with van der Waals surface area (Å²) < 4.78 is 20.1. The van der Waals surface area contributed by atoms with Crippen LogP contribution in [0.2, 0.25) is 0 Å². The fraction of sp³-hybridized carbons (Fsp3) is 0.0625. The summed E-state index contributed by atoms with van der Waals surface area (Å²) in [5, 5.41) is 0. The summed E-state index contributed by atoms with van der Waals surface area (Å²) >= 11 is 0.